The Kier molecular flexibility index (Phi) is 3.14. The van der Waals surface area contributed by atoms with Gasteiger partial charge in [-0.3, -0.25) is 0 Å². The van der Waals surface area contributed by atoms with E-state index in [-0.39, 0.29) is 0 Å². The molecule has 0 amide bonds. The Morgan fingerprint density at radius 1 is 0.500 bits per heavy atom. The van der Waals surface area contributed by atoms with Crippen LogP contribution in [-0.2, 0) is 0 Å². The van der Waals surface area contributed by atoms with Crippen molar-refractivity contribution in [3.63, 3.8) is 0 Å². The van der Waals surface area contributed by atoms with Gasteiger partial charge in [-0.25, -0.2) is 0 Å². The van der Waals surface area contributed by atoms with Gasteiger partial charge in [0.25, 0.3) is 0 Å². The van der Waals surface area contributed by atoms with Crippen LogP contribution in [0.15, 0.2) is 109 Å². The average Bonchev–Trinajstić information content (AvgIpc) is 3.15. The van der Waals surface area contributed by atoms with Crippen molar-refractivity contribution in [3.05, 3.63) is 109 Å². The third-order valence-corrected chi connectivity index (χ3v) is 6.65. The minimum absolute atomic E-state index is 0.306. The van der Waals surface area contributed by atoms with Crippen LogP contribution in [0.4, 0.5) is 17.1 Å². The maximum absolute atomic E-state index is 2.45. The molecule has 0 radical (unpaired) electrons. The average molecular weight is 379 g/mol. The van der Waals surface area contributed by atoms with E-state index in [0.29, 0.717) is 6.71 Å². The maximum atomic E-state index is 2.45. The number of hydrogen-bond acceptors (Lipinski definition) is 1. The number of hydrogen-bond donors (Lipinski definition) is 0. The van der Waals surface area contributed by atoms with Crippen molar-refractivity contribution >= 4 is 50.9 Å². The molecule has 0 spiro atoms. The van der Waals surface area contributed by atoms with Gasteiger partial charge in [-0.2, -0.15) is 0 Å². The zero-order valence-electron chi connectivity index (χ0n) is 16.4. The highest BCUT2D eigenvalue weighted by molar-refractivity contribution is 7.01. The van der Waals surface area contributed by atoms with Gasteiger partial charge < -0.3 is 4.90 Å². The fraction of sp³-hybridized carbons (Fsp3) is 0. The van der Waals surface area contributed by atoms with Crippen LogP contribution < -0.4 is 21.3 Å². The number of benzene rings is 5. The van der Waals surface area contributed by atoms with Crippen molar-refractivity contribution < 1.29 is 0 Å². The summed E-state index contributed by atoms with van der Waals surface area (Å²) in [4.78, 5) is 2.45. The quantitative estimate of drug-likeness (QED) is 0.358. The van der Waals surface area contributed by atoms with Crippen molar-refractivity contribution in [2.75, 3.05) is 4.90 Å². The molecule has 5 aromatic carbocycles. The normalized spacial score (nSPS) is 13.2. The smallest absolute Gasteiger partial charge is 0.248 e. The summed E-state index contributed by atoms with van der Waals surface area (Å²) in [6, 6.07) is 39.9. The summed E-state index contributed by atoms with van der Waals surface area (Å²) in [6.07, 6.45) is 0. The zero-order chi connectivity index (χ0) is 19.7. The van der Waals surface area contributed by atoms with Gasteiger partial charge in [0.1, 0.15) is 0 Å². The molecule has 5 aromatic rings. The lowest BCUT2D eigenvalue weighted by Gasteiger charge is -2.36. The summed E-state index contributed by atoms with van der Waals surface area (Å²) in [6.45, 7) is 0.306. The molecular formula is C28H18BN. The molecule has 2 heteroatoms. The molecule has 0 aliphatic carbocycles. The molecule has 0 unspecified atom stereocenters. The molecule has 2 aliphatic heterocycles. The minimum Gasteiger partial charge on any atom is -0.311 e. The second-order valence-corrected chi connectivity index (χ2v) is 8.18. The zero-order valence-corrected chi connectivity index (χ0v) is 16.4. The molecular weight excluding hydrogens is 361 g/mol. The van der Waals surface area contributed by atoms with E-state index in [1.807, 2.05) is 0 Å². The molecule has 30 heavy (non-hydrogen) atoms. The lowest BCUT2D eigenvalue weighted by Crippen LogP contribution is -2.54. The highest BCUT2D eigenvalue weighted by Gasteiger charge is 2.41. The first-order valence-electron chi connectivity index (χ1n) is 10.5. The van der Waals surface area contributed by atoms with E-state index < -0.39 is 0 Å². The van der Waals surface area contributed by atoms with Crippen molar-refractivity contribution in [2.24, 2.45) is 0 Å². The second-order valence-electron chi connectivity index (χ2n) is 8.18. The first kappa shape index (κ1) is 16.1. The number of rotatable bonds is 1. The van der Waals surface area contributed by atoms with E-state index in [0.717, 1.165) is 0 Å². The third kappa shape index (κ3) is 2.03. The van der Waals surface area contributed by atoms with Crippen LogP contribution >= 0.6 is 0 Å². The predicted octanol–water partition coefficient (Wildman–Crippen LogP) is 5.12. The topological polar surface area (TPSA) is 3.24 Å². The molecule has 2 aliphatic rings. The van der Waals surface area contributed by atoms with Crippen LogP contribution in [0.1, 0.15) is 0 Å². The van der Waals surface area contributed by atoms with Gasteiger partial charge in [0.15, 0.2) is 0 Å². The van der Waals surface area contributed by atoms with Gasteiger partial charge >= 0.3 is 0 Å². The SMILES string of the molecule is c1ccc2c(c1)B1c3ccccc3N(c3ccc4ccccc4c3)c3cccc-2c31. The summed E-state index contributed by atoms with van der Waals surface area (Å²) >= 11 is 0. The Labute approximate surface area is 176 Å². The molecule has 2 heterocycles. The monoisotopic (exact) mass is 379 g/mol. The second kappa shape index (κ2) is 5.87. The van der Waals surface area contributed by atoms with Crippen LogP contribution in [0.3, 0.4) is 0 Å². The number of fused-ring (bicyclic) bond motifs is 6. The molecule has 0 fully saturated rings. The number of para-hydroxylation sites is 1. The molecule has 0 atom stereocenters. The molecule has 0 N–H and O–H groups in total. The fourth-order valence-corrected chi connectivity index (χ4v) is 5.42. The largest absolute Gasteiger partial charge is 0.311 e. The highest BCUT2D eigenvalue weighted by atomic mass is 15.1. The van der Waals surface area contributed by atoms with Crippen LogP contribution in [0.25, 0.3) is 21.9 Å². The first-order chi connectivity index (χ1) is 14.9. The maximum Gasteiger partial charge on any atom is 0.248 e. The van der Waals surface area contributed by atoms with Crippen LogP contribution in [-0.4, -0.2) is 6.71 Å². The van der Waals surface area contributed by atoms with Gasteiger partial charge in [-0.15, -0.1) is 0 Å². The Bertz CT molecular complexity index is 1470. The highest BCUT2D eigenvalue weighted by Crippen LogP contribution is 2.40. The summed E-state index contributed by atoms with van der Waals surface area (Å²) in [5.74, 6) is 0. The van der Waals surface area contributed by atoms with E-state index in [1.165, 1.54) is 55.3 Å². The minimum atomic E-state index is 0.306. The lowest BCUT2D eigenvalue weighted by molar-refractivity contribution is 1.30. The Morgan fingerprint density at radius 3 is 2.13 bits per heavy atom. The molecule has 1 nitrogen and oxygen atoms in total. The van der Waals surface area contributed by atoms with Crippen molar-refractivity contribution in [3.8, 4) is 11.1 Å². The summed E-state index contributed by atoms with van der Waals surface area (Å²) in [5, 5.41) is 2.54. The van der Waals surface area contributed by atoms with Gasteiger partial charge in [-0.1, -0.05) is 90.4 Å². The Hall–Kier alpha value is -3.78. The standard InChI is InChI=1S/C28H18BN/c1-2-9-20-18-21(17-16-19(20)8-1)30-26-14-6-5-13-25(26)29-24-12-4-3-10-22(24)23-11-7-15-27(30)28(23)29/h1-18H. The van der Waals surface area contributed by atoms with Crippen LogP contribution in [0.5, 0.6) is 0 Å². The first-order valence-corrected chi connectivity index (χ1v) is 10.5. The summed E-state index contributed by atoms with van der Waals surface area (Å²) in [5.41, 5.74) is 10.8. The van der Waals surface area contributed by atoms with E-state index in [9.17, 15) is 0 Å². The summed E-state index contributed by atoms with van der Waals surface area (Å²) in [7, 11) is 0. The van der Waals surface area contributed by atoms with Crippen molar-refractivity contribution in [1.29, 1.82) is 0 Å². The van der Waals surface area contributed by atoms with Crippen LogP contribution in [0.2, 0.25) is 0 Å². The van der Waals surface area contributed by atoms with E-state index in [2.05, 4.69) is 114 Å². The molecule has 0 aromatic heterocycles. The van der Waals surface area contributed by atoms with E-state index in [4.69, 9.17) is 0 Å². The fourth-order valence-electron chi connectivity index (χ4n) is 5.42. The number of anilines is 3. The van der Waals surface area contributed by atoms with E-state index >= 15 is 0 Å². The molecule has 138 valence electrons. The van der Waals surface area contributed by atoms with Gasteiger partial charge in [0, 0.05) is 17.1 Å². The van der Waals surface area contributed by atoms with Crippen LogP contribution in [0, 0.1) is 0 Å². The molecule has 7 rings (SSSR count). The Morgan fingerprint density at radius 2 is 1.20 bits per heavy atom. The molecule has 0 saturated carbocycles. The van der Waals surface area contributed by atoms with Gasteiger partial charge in [0.2, 0.25) is 6.71 Å². The van der Waals surface area contributed by atoms with Crippen molar-refractivity contribution in [2.45, 2.75) is 0 Å². The summed E-state index contributed by atoms with van der Waals surface area (Å²) < 4.78 is 0. The molecule has 0 saturated heterocycles. The third-order valence-electron chi connectivity index (χ3n) is 6.65. The molecule has 0 bridgehead atoms. The van der Waals surface area contributed by atoms with Crippen molar-refractivity contribution in [1.82, 2.24) is 0 Å². The lowest BCUT2D eigenvalue weighted by atomic mass is 9.37. The van der Waals surface area contributed by atoms with Gasteiger partial charge in [0.05, 0.1) is 0 Å². The predicted molar refractivity (Wildman–Crippen MR) is 129 cm³/mol. The number of nitrogens with zero attached hydrogens (tertiary/aromatic N) is 1. The Balaban J connectivity index is 1.56. The van der Waals surface area contributed by atoms with E-state index in [1.54, 1.807) is 0 Å². The van der Waals surface area contributed by atoms with Gasteiger partial charge in [-0.05, 0) is 57.1 Å².